The number of benzene rings is 2. The number of carbonyl (C=O) groups excluding carboxylic acids is 1. The predicted octanol–water partition coefficient (Wildman–Crippen LogP) is 3.08. The van der Waals surface area contributed by atoms with Crippen LogP contribution < -0.4 is 5.32 Å². The highest BCUT2D eigenvalue weighted by Gasteiger charge is 2.17. The molecule has 4 nitrogen and oxygen atoms in total. The maximum absolute atomic E-state index is 12.0. The summed E-state index contributed by atoms with van der Waals surface area (Å²) in [6, 6.07) is 17.9. The first-order valence-electron chi connectivity index (χ1n) is 6.85. The van der Waals surface area contributed by atoms with Gasteiger partial charge in [0.1, 0.15) is 7.11 Å². The third-order valence-corrected chi connectivity index (χ3v) is 4.10. The van der Waals surface area contributed by atoms with E-state index in [-0.39, 0.29) is 11.6 Å². The molecule has 0 radical (unpaired) electrons. The van der Waals surface area contributed by atoms with Crippen molar-refractivity contribution in [2.24, 2.45) is 5.16 Å². The number of nitrogens with zero attached hydrogens (tertiary/aromatic N) is 1. The number of thioether (sulfide) groups is 1. The zero-order chi connectivity index (χ0) is 15.8. The minimum absolute atomic E-state index is 0.265. The van der Waals surface area contributed by atoms with E-state index in [0.717, 1.165) is 16.9 Å². The van der Waals surface area contributed by atoms with Crippen molar-refractivity contribution in [2.75, 3.05) is 14.2 Å². The first kappa shape index (κ1) is 16.1. The second-order valence-electron chi connectivity index (χ2n) is 4.46. The third kappa shape index (κ3) is 4.11. The fourth-order valence-corrected chi connectivity index (χ4v) is 2.90. The summed E-state index contributed by atoms with van der Waals surface area (Å²) < 4.78 is 0. The van der Waals surface area contributed by atoms with E-state index < -0.39 is 0 Å². The molecule has 22 heavy (non-hydrogen) atoms. The smallest absolute Gasteiger partial charge is 0.273 e. The Balaban J connectivity index is 2.26. The lowest BCUT2D eigenvalue weighted by atomic mass is 10.0. The Labute approximate surface area is 134 Å². The minimum atomic E-state index is -0.265. The van der Waals surface area contributed by atoms with Gasteiger partial charge in [-0.05, 0) is 17.7 Å². The molecule has 0 saturated carbocycles. The Kier molecular flexibility index (Phi) is 6.03. The van der Waals surface area contributed by atoms with E-state index in [1.54, 1.807) is 18.8 Å². The standard InChI is InChI=1S/C17H18N2O2S/c1-18-17(20)16(19-21-2)15-11-7-6-8-13(15)12-22-14-9-4-3-5-10-14/h3-11H,12H2,1-2H3,(H,18,20)/b19-16-. The topological polar surface area (TPSA) is 50.7 Å². The Morgan fingerprint density at radius 2 is 1.82 bits per heavy atom. The van der Waals surface area contributed by atoms with Crippen LogP contribution in [-0.4, -0.2) is 25.8 Å². The van der Waals surface area contributed by atoms with Gasteiger partial charge in [0.2, 0.25) is 0 Å². The molecule has 2 rings (SSSR count). The number of hydrogen-bond acceptors (Lipinski definition) is 4. The molecule has 0 unspecified atom stereocenters. The molecule has 0 aliphatic carbocycles. The average Bonchev–Trinajstić information content (AvgIpc) is 2.58. The number of likely N-dealkylation sites (N-methyl/N-ethyl adjacent to an activating group) is 1. The number of hydrogen-bond donors (Lipinski definition) is 1. The molecule has 0 spiro atoms. The molecular weight excluding hydrogens is 296 g/mol. The highest BCUT2D eigenvalue weighted by atomic mass is 32.2. The van der Waals surface area contributed by atoms with Crippen LogP contribution >= 0.6 is 11.8 Å². The van der Waals surface area contributed by atoms with E-state index in [9.17, 15) is 4.79 Å². The van der Waals surface area contributed by atoms with Crippen LogP contribution in [0.1, 0.15) is 11.1 Å². The fraction of sp³-hybridized carbons (Fsp3) is 0.176. The largest absolute Gasteiger partial charge is 0.398 e. The number of carbonyl (C=O) groups is 1. The van der Waals surface area contributed by atoms with Crippen LogP contribution in [0.5, 0.6) is 0 Å². The molecule has 5 heteroatoms. The molecule has 0 saturated heterocycles. The second kappa shape index (κ2) is 8.24. The predicted molar refractivity (Wildman–Crippen MR) is 90.1 cm³/mol. The summed E-state index contributed by atoms with van der Waals surface area (Å²) in [5.41, 5.74) is 2.11. The van der Waals surface area contributed by atoms with Crippen molar-refractivity contribution in [1.29, 1.82) is 0 Å². The zero-order valence-corrected chi connectivity index (χ0v) is 13.4. The lowest BCUT2D eigenvalue weighted by Gasteiger charge is -2.10. The van der Waals surface area contributed by atoms with Crippen molar-refractivity contribution in [3.05, 3.63) is 65.7 Å². The van der Waals surface area contributed by atoms with Gasteiger partial charge in [-0.3, -0.25) is 4.79 Å². The summed E-state index contributed by atoms with van der Waals surface area (Å²) in [5, 5.41) is 6.47. The molecule has 0 aliphatic heterocycles. The van der Waals surface area contributed by atoms with E-state index in [2.05, 4.69) is 22.6 Å². The van der Waals surface area contributed by atoms with Gasteiger partial charge in [0.15, 0.2) is 5.71 Å². The normalized spacial score (nSPS) is 11.1. The number of oxime groups is 1. The fourth-order valence-electron chi connectivity index (χ4n) is 1.98. The highest BCUT2D eigenvalue weighted by Crippen LogP contribution is 2.24. The Bertz CT molecular complexity index is 657. The summed E-state index contributed by atoms with van der Waals surface area (Å²) in [7, 11) is 3.01. The first-order valence-corrected chi connectivity index (χ1v) is 7.84. The Morgan fingerprint density at radius 3 is 2.50 bits per heavy atom. The van der Waals surface area contributed by atoms with Crippen LogP contribution in [0, 0.1) is 0 Å². The molecule has 1 amide bonds. The first-order chi connectivity index (χ1) is 10.8. The van der Waals surface area contributed by atoms with E-state index >= 15 is 0 Å². The molecule has 2 aromatic carbocycles. The molecule has 1 N–H and O–H groups in total. The second-order valence-corrected chi connectivity index (χ2v) is 5.51. The van der Waals surface area contributed by atoms with E-state index in [0.29, 0.717) is 0 Å². The van der Waals surface area contributed by atoms with E-state index in [1.165, 1.54) is 12.0 Å². The summed E-state index contributed by atoms with van der Waals surface area (Å²) in [6.07, 6.45) is 0. The van der Waals surface area contributed by atoms with Crippen LogP contribution in [-0.2, 0) is 15.4 Å². The van der Waals surface area contributed by atoms with Gasteiger partial charge in [-0.1, -0.05) is 47.6 Å². The van der Waals surface area contributed by atoms with Gasteiger partial charge in [0, 0.05) is 23.3 Å². The van der Waals surface area contributed by atoms with Gasteiger partial charge in [-0.15, -0.1) is 11.8 Å². The van der Waals surface area contributed by atoms with Crippen LogP contribution in [0.2, 0.25) is 0 Å². The molecule has 0 fully saturated rings. The maximum atomic E-state index is 12.0. The minimum Gasteiger partial charge on any atom is -0.398 e. The van der Waals surface area contributed by atoms with Gasteiger partial charge >= 0.3 is 0 Å². The molecular formula is C17H18N2O2S. The molecule has 0 heterocycles. The zero-order valence-electron chi connectivity index (χ0n) is 12.6. The molecule has 114 valence electrons. The van der Waals surface area contributed by atoms with Gasteiger partial charge in [0.05, 0.1) is 0 Å². The lowest BCUT2D eigenvalue weighted by Crippen LogP contribution is -2.29. The Morgan fingerprint density at radius 1 is 1.14 bits per heavy atom. The van der Waals surface area contributed by atoms with E-state index in [1.807, 2.05) is 42.5 Å². The molecule has 0 aromatic heterocycles. The summed E-state index contributed by atoms with van der Waals surface area (Å²) in [5.74, 6) is 0.485. The SMILES string of the molecule is CNC(=O)/C(=N\OC)c1ccccc1CSc1ccccc1. The summed E-state index contributed by atoms with van der Waals surface area (Å²) in [6.45, 7) is 0. The van der Waals surface area contributed by atoms with Crippen molar-refractivity contribution in [1.82, 2.24) is 5.32 Å². The van der Waals surface area contributed by atoms with Crippen LogP contribution in [0.15, 0.2) is 64.6 Å². The molecule has 0 aliphatic rings. The Hall–Kier alpha value is -2.27. The monoisotopic (exact) mass is 314 g/mol. The van der Waals surface area contributed by atoms with Crippen LogP contribution in [0.3, 0.4) is 0 Å². The highest BCUT2D eigenvalue weighted by molar-refractivity contribution is 7.98. The summed E-state index contributed by atoms with van der Waals surface area (Å²) >= 11 is 1.71. The van der Waals surface area contributed by atoms with Gasteiger partial charge < -0.3 is 10.2 Å². The molecule has 0 atom stereocenters. The van der Waals surface area contributed by atoms with E-state index in [4.69, 9.17) is 4.84 Å². The summed E-state index contributed by atoms with van der Waals surface area (Å²) in [4.78, 5) is 18.0. The molecule has 0 bridgehead atoms. The van der Waals surface area contributed by atoms with Crippen LogP contribution in [0.25, 0.3) is 0 Å². The molecule has 2 aromatic rings. The maximum Gasteiger partial charge on any atom is 0.273 e. The number of nitrogens with one attached hydrogen (secondary N) is 1. The van der Waals surface area contributed by atoms with Crippen molar-refractivity contribution in [3.63, 3.8) is 0 Å². The van der Waals surface area contributed by atoms with Gasteiger partial charge in [0.25, 0.3) is 5.91 Å². The third-order valence-electron chi connectivity index (χ3n) is 3.03. The van der Waals surface area contributed by atoms with Gasteiger partial charge in [-0.25, -0.2) is 0 Å². The number of rotatable bonds is 6. The van der Waals surface area contributed by atoms with Crippen molar-refractivity contribution in [3.8, 4) is 0 Å². The van der Waals surface area contributed by atoms with Crippen molar-refractivity contribution < 1.29 is 9.63 Å². The average molecular weight is 314 g/mol. The lowest BCUT2D eigenvalue weighted by molar-refractivity contribution is -0.114. The van der Waals surface area contributed by atoms with Crippen molar-refractivity contribution >= 4 is 23.4 Å². The van der Waals surface area contributed by atoms with Gasteiger partial charge in [-0.2, -0.15) is 0 Å². The van der Waals surface area contributed by atoms with Crippen molar-refractivity contribution in [2.45, 2.75) is 10.6 Å². The quantitative estimate of drug-likeness (QED) is 0.506. The van der Waals surface area contributed by atoms with Crippen LogP contribution in [0.4, 0.5) is 0 Å². The number of amides is 1.